The van der Waals surface area contributed by atoms with E-state index in [1.807, 2.05) is 4.98 Å². The minimum absolute atomic E-state index is 0.0681. The Labute approximate surface area is 115 Å². The second-order valence-corrected chi connectivity index (χ2v) is 4.92. The minimum Gasteiger partial charge on any atom is -0.494 e. The maximum Gasteiger partial charge on any atom is 0.335 e. The zero-order valence-electron chi connectivity index (χ0n) is 10.3. The first-order valence-corrected chi connectivity index (χ1v) is 6.39. The molecule has 0 fully saturated rings. The highest BCUT2D eigenvalue weighted by molar-refractivity contribution is 7.99. The van der Waals surface area contributed by atoms with Crippen molar-refractivity contribution in [2.45, 2.75) is 17.6 Å². The zero-order valence-corrected chi connectivity index (χ0v) is 11.1. The van der Waals surface area contributed by atoms with E-state index in [1.54, 1.807) is 0 Å². The number of nitrogens with one attached hydrogen (secondary N) is 1. The molecule has 2 N–H and O–H groups in total. The SMILES string of the molecule is Cc1c(O)n(-c2ccccc2SC(F)F)c(=O)[nH]c1=O. The number of benzene rings is 1. The third-order valence-corrected chi connectivity index (χ3v) is 3.41. The van der Waals surface area contributed by atoms with Gasteiger partial charge in [-0.2, -0.15) is 8.78 Å². The van der Waals surface area contributed by atoms with Gasteiger partial charge < -0.3 is 5.11 Å². The number of rotatable bonds is 3. The Morgan fingerprint density at radius 2 is 1.95 bits per heavy atom. The second kappa shape index (κ2) is 5.49. The lowest BCUT2D eigenvalue weighted by molar-refractivity contribution is 0.252. The van der Waals surface area contributed by atoms with Gasteiger partial charge in [0.25, 0.3) is 11.3 Å². The van der Waals surface area contributed by atoms with Gasteiger partial charge in [0, 0.05) is 4.90 Å². The maximum atomic E-state index is 12.5. The van der Waals surface area contributed by atoms with E-state index in [-0.39, 0.29) is 27.9 Å². The van der Waals surface area contributed by atoms with Gasteiger partial charge in [-0.1, -0.05) is 23.9 Å². The van der Waals surface area contributed by atoms with Crippen LogP contribution in [-0.2, 0) is 0 Å². The number of alkyl halides is 2. The Morgan fingerprint density at radius 3 is 2.60 bits per heavy atom. The van der Waals surface area contributed by atoms with Gasteiger partial charge in [0.05, 0.1) is 11.3 Å². The highest BCUT2D eigenvalue weighted by Crippen LogP contribution is 2.31. The molecule has 106 valence electrons. The number of hydrogen-bond acceptors (Lipinski definition) is 4. The largest absolute Gasteiger partial charge is 0.494 e. The summed E-state index contributed by atoms with van der Waals surface area (Å²) in [6, 6.07) is 5.88. The van der Waals surface area contributed by atoms with E-state index >= 15 is 0 Å². The van der Waals surface area contributed by atoms with E-state index < -0.39 is 22.9 Å². The lowest BCUT2D eigenvalue weighted by atomic mass is 10.3. The predicted octanol–water partition coefficient (Wildman–Crippen LogP) is 1.85. The number of aromatic hydroxyl groups is 1. The minimum atomic E-state index is -2.67. The van der Waals surface area contributed by atoms with Crippen LogP contribution < -0.4 is 11.2 Å². The van der Waals surface area contributed by atoms with E-state index in [4.69, 9.17) is 0 Å². The number of thioether (sulfide) groups is 1. The summed E-state index contributed by atoms with van der Waals surface area (Å²) in [4.78, 5) is 25.3. The highest BCUT2D eigenvalue weighted by atomic mass is 32.2. The molecule has 0 atom stereocenters. The molecule has 0 radical (unpaired) electrons. The van der Waals surface area contributed by atoms with Crippen molar-refractivity contribution in [2.75, 3.05) is 0 Å². The first kappa shape index (κ1) is 14.3. The zero-order chi connectivity index (χ0) is 14.9. The topological polar surface area (TPSA) is 75.1 Å². The molecule has 0 aliphatic carbocycles. The average molecular weight is 300 g/mol. The molecule has 0 unspecified atom stereocenters. The molecule has 2 aromatic rings. The maximum absolute atomic E-state index is 12.5. The molecule has 0 saturated heterocycles. The molecule has 20 heavy (non-hydrogen) atoms. The van der Waals surface area contributed by atoms with Crippen molar-refractivity contribution in [1.29, 1.82) is 0 Å². The number of halogens is 2. The Balaban J connectivity index is 2.73. The fraction of sp³-hybridized carbons (Fsp3) is 0.167. The van der Waals surface area contributed by atoms with Gasteiger partial charge in [-0.25, -0.2) is 9.36 Å². The first-order chi connectivity index (χ1) is 9.41. The van der Waals surface area contributed by atoms with Crippen LogP contribution in [0.25, 0.3) is 5.69 Å². The van der Waals surface area contributed by atoms with Gasteiger partial charge in [0.2, 0.25) is 5.88 Å². The summed E-state index contributed by atoms with van der Waals surface area (Å²) in [7, 11) is 0. The van der Waals surface area contributed by atoms with Gasteiger partial charge in [-0.15, -0.1) is 0 Å². The normalized spacial score (nSPS) is 11.0. The van der Waals surface area contributed by atoms with Crippen LogP contribution >= 0.6 is 11.8 Å². The van der Waals surface area contributed by atoms with Gasteiger partial charge >= 0.3 is 5.69 Å². The quantitative estimate of drug-likeness (QED) is 0.848. The van der Waals surface area contributed by atoms with E-state index in [2.05, 4.69) is 0 Å². The lowest BCUT2D eigenvalue weighted by Gasteiger charge is -2.13. The number of aromatic nitrogens is 2. The molecule has 0 bridgehead atoms. The van der Waals surface area contributed by atoms with Crippen molar-refractivity contribution in [3.63, 3.8) is 0 Å². The molecule has 8 heteroatoms. The summed E-state index contributed by atoms with van der Waals surface area (Å²) >= 11 is 0.251. The first-order valence-electron chi connectivity index (χ1n) is 5.51. The van der Waals surface area contributed by atoms with Gasteiger partial charge in [0.1, 0.15) is 0 Å². The third-order valence-electron chi connectivity index (χ3n) is 2.63. The van der Waals surface area contributed by atoms with Crippen LogP contribution in [-0.4, -0.2) is 20.4 Å². The number of aromatic amines is 1. The van der Waals surface area contributed by atoms with Gasteiger partial charge in [-0.05, 0) is 19.1 Å². The summed E-state index contributed by atoms with van der Waals surface area (Å²) in [6.45, 7) is 1.33. The molecule has 0 spiro atoms. The Bertz CT molecular complexity index is 755. The molecule has 2 rings (SSSR count). The number of nitrogens with zero attached hydrogens (tertiary/aromatic N) is 1. The monoisotopic (exact) mass is 300 g/mol. The van der Waals surface area contributed by atoms with Crippen molar-refractivity contribution in [1.82, 2.24) is 9.55 Å². The van der Waals surface area contributed by atoms with Crippen molar-refractivity contribution >= 4 is 11.8 Å². The van der Waals surface area contributed by atoms with Crippen LogP contribution in [0, 0.1) is 6.92 Å². The van der Waals surface area contributed by atoms with Crippen LogP contribution in [0.1, 0.15) is 5.56 Å². The van der Waals surface area contributed by atoms with Gasteiger partial charge in [-0.3, -0.25) is 9.78 Å². The summed E-state index contributed by atoms with van der Waals surface area (Å²) in [6.07, 6.45) is 0. The van der Waals surface area contributed by atoms with Crippen LogP contribution in [0.5, 0.6) is 5.88 Å². The average Bonchev–Trinajstić information content (AvgIpc) is 2.37. The van der Waals surface area contributed by atoms with E-state index in [9.17, 15) is 23.5 Å². The molecular formula is C12H10F2N2O3S. The van der Waals surface area contributed by atoms with Crippen molar-refractivity contribution < 1.29 is 13.9 Å². The molecule has 0 saturated carbocycles. The molecule has 0 amide bonds. The molecular weight excluding hydrogens is 290 g/mol. The Morgan fingerprint density at radius 1 is 1.30 bits per heavy atom. The summed E-state index contributed by atoms with van der Waals surface area (Å²) in [5.41, 5.74) is -1.59. The standard InChI is InChI=1S/C12H10F2N2O3S/c1-6-9(17)15-12(19)16(10(6)18)7-4-2-3-5-8(7)20-11(13)14/h2-5,11,18H,1H3,(H,15,17,19). The Hall–Kier alpha value is -2.09. The third kappa shape index (κ3) is 2.60. The number of para-hydroxylation sites is 1. The van der Waals surface area contributed by atoms with Crippen molar-refractivity contribution in [3.8, 4) is 11.6 Å². The lowest BCUT2D eigenvalue weighted by Crippen LogP contribution is -2.30. The fourth-order valence-electron chi connectivity index (χ4n) is 1.67. The predicted molar refractivity (Wildman–Crippen MR) is 70.9 cm³/mol. The molecule has 0 aliphatic heterocycles. The van der Waals surface area contributed by atoms with Crippen LogP contribution in [0.4, 0.5) is 8.78 Å². The molecule has 1 aromatic carbocycles. The fourth-order valence-corrected chi connectivity index (χ4v) is 2.30. The van der Waals surface area contributed by atoms with Crippen LogP contribution in [0.3, 0.4) is 0 Å². The molecule has 1 aromatic heterocycles. The summed E-state index contributed by atoms with van der Waals surface area (Å²) in [5.74, 6) is -3.24. The van der Waals surface area contributed by atoms with Crippen LogP contribution in [0.15, 0.2) is 38.8 Å². The summed E-state index contributed by atoms with van der Waals surface area (Å²) in [5, 5.41) is 9.92. The number of H-pyrrole nitrogens is 1. The molecule has 5 nitrogen and oxygen atoms in total. The van der Waals surface area contributed by atoms with Crippen molar-refractivity contribution in [3.05, 3.63) is 50.7 Å². The number of hydrogen-bond donors (Lipinski definition) is 2. The van der Waals surface area contributed by atoms with E-state index in [0.29, 0.717) is 0 Å². The smallest absolute Gasteiger partial charge is 0.335 e. The molecule has 1 heterocycles. The second-order valence-electron chi connectivity index (χ2n) is 3.89. The van der Waals surface area contributed by atoms with Crippen molar-refractivity contribution in [2.24, 2.45) is 0 Å². The van der Waals surface area contributed by atoms with E-state index in [0.717, 1.165) is 4.57 Å². The summed E-state index contributed by atoms with van der Waals surface area (Å²) < 4.78 is 25.8. The Kier molecular flexibility index (Phi) is 3.93. The van der Waals surface area contributed by atoms with E-state index in [1.165, 1.54) is 31.2 Å². The van der Waals surface area contributed by atoms with Crippen LogP contribution in [0.2, 0.25) is 0 Å². The van der Waals surface area contributed by atoms with Gasteiger partial charge in [0.15, 0.2) is 0 Å². The highest BCUT2D eigenvalue weighted by Gasteiger charge is 2.17. The molecule has 0 aliphatic rings.